The van der Waals surface area contributed by atoms with Gasteiger partial charge in [-0.3, -0.25) is 39.1 Å². The number of aliphatic carboxylic acids is 6. The summed E-state index contributed by atoms with van der Waals surface area (Å²) >= 11 is 0. The van der Waals surface area contributed by atoms with Crippen molar-refractivity contribution in [2.75, 3.05) is 0 Å². The lowest BCUT2D eigenvalue weighted by Gasteiger charge is -2.01. The number of carbonyl (C=O) groups is 6. The van der Waals surface area contributed by atoms with Crippen LogP contribution in [0.2, 0.25) is 0 Å². The molecule has 0 atom stereocenters. The second-order valence-electron chi connectivity index (χ2n) is 11.8. The summed E-state index contributed by atoms with van der Waals surface area (Å²) in [6.45, 7) is 0. The van der Waals surface area contributed by atoms with Crippen molar-refractivity contribution in [1.82, 2.24) is 9.97 Å². The Labute approximate surface area is 306 Å². The molecular formula is C36H62N4O12. The Bertz CT molecular complexity index is 881. The van der Waals surface area contributed by atoms with Crippen molar-refractivity contribution in [2.24, 2.45) is 0 Å². The van der Waals surface area contributed by atoms with Crippen LogP contribution < -0.4 is 20.2 Å². The first-order valence-electron chi connectivity index (χ1n) is 18.1. The molecule has 0 amide bonds. The van der Waals surface area contributed by atoms with Crippen molar-refractivity contribution < 1.29 is 69.4 Å². The molecule has 0 aliphatic carbocycles. The zero-order valence-corrected chi connectivity index (χ0v) is 30.5. The van der Waals surface area contributed by atoms with E-state index in [4.69, 9.17) is 20.4 Å². The third-order valence-electron chi connectivity index (χ3n) is 6.96. The van der Waals surface area contributed by atoms with Crippen molar-refractivity contribution in [3.63, 3.8) is 0 Å². The highest BCUT2D eigenvalue weighted by atomic mass is 16.4. The number of aromatic nitrogens is 4. The predicted molar refractivity (Wildman–Crippen MR) is 186 cm³/mol. The van der Waals surface area contributed by atoms with Crippen LogP contribution in [-0.2, 0) is 28.8 Å². The summed E-state index contributed by atoms with van der Waals surface area (Å²) in [5.74, 6) is -4.96. The first-order chi connectivity index (χ1) is 24.9. The van der Waals surface area contributed by atoms with E-state index in [1.807, 2.05) is 24.8 Å². The average molecular weight is 743 g/mol. The van der Waals surface area contributed by atoms with Gasteiger partial charge in [-0.05, 0) is 51.4 Å². The van der Waals surface area contributed by atoms with Crippen molar-refractivity contribution in [2.45, 2.75) is 154 Å². The second-order valence-corrected chi connectivity index (χ2v) is 11.8. The Morgan fingerprint density at radius 3 is 0.731 bits per heavy atom. The molecule has 16 nitrogen and oxygen atoms in total. The molecule has 0 aliphatic rings. The molecule has 2 rings (SSSR count). The Hall–Kier alpha value is -4.76. The summed E-state index contributed by atoms with van der Waals surface area (Å²) in [7, 11) is 0. The number of nitrogens with one attached hydrogen (secondary N) is 4. The van der Waals surface area contributed by atoms with E-state index in [2.05, 4.69) is 19.9 Å². The monoisotopic (exact) mass is 742 g/mol. The molecule has 0 radical (unpaired) electrons. The maximum Gasteiger partial charge on any atom is 0.303 e. The normalized spacial score (nSPS) is 9.62. The summed E-state index contributed by atoms with van der Waals surface area (Å²) in [5, 5.41) is 53.5. The predicted octanol–water partition coefficient (Wildman–Crippen LogP) is 3.82. The topological polar surface area (TPSA) is 289 Å². The maximum atomic E-state index is 10.1. The maximum absolute atomic E-state index is 10.1. The number of H-pyrrole nitrogens is 4. The fourth-order valence-electron chi connectivity index (χ4n) is 4.25. The Kier molecular flexibility index (Phi) is 42.1. The van der Waals surface area contributed by atoms with Gasteiger partial charge in [-0.15, -0.1) is 0 Å². The zero-order chi connectivity index (χ0) is 39.5. The van der Waals surface area contributed by atoms with Crippen molar-refractivity contribution in [3.05, 3.63) is 37.4 Å². The van der Waals surface area contributed by atoms with Crippen LogP contribution in [0.15, 0.2) is 37.4 Å². The smallest absolute Gasteiger partial charge is 0.303 e. The molecule has 0 saturated carbocycles. The number of imidazole rings is 2. The molecule has 0 unspecified atom stereocenters. The van der Waals surface area contributed by atoms with Gasteiger partial charge in [-0.2, -0.15) is 0 Å². The Morgan fingerprint density at radius 2 is 0.596 bits per heavy atom. The first kappa shape index (κ1) is 51.6. The van der Waals surface area contributed by atoms with Gasteiger partial charge in [0, 0.05) is 37.6 Å². The second kappa shape index (κ2) is 42.4. The molecule has 0 aromatic carbocycles. The van der Waals surface area contributed by atoms with E-state index in [1.165, 1.54) is 0 Å². The molecule has 8 N–H and O–H groups in total. The minimum Gasteiger partial charge on any atom is -0.550 e. The van der Waals surface area contributed by atoms with Gasteiger partial charge in [0.25, 0.3) is 0 Å². The van der Waals surface area contributed by atoms with Crippen LogP contribution in [0, 0.1) is 0 Å². The quantitative estimate of drug-likeness (QED) is 0.0712. The summed E-state index contributed by atoms with van der Waals surface area (Å²) in [6.07, 6.45) is 27.7. The van der Waals surface area contributed by atoms with Gasteiger partial charge >= 0.3 is 23.9 Å². The number of hydrogen-bond donors (Lipinski definition) is 6. The molecule has 298 valence electrons. The van der Waals surface area contributed by atoms with Gasteiger partial charge in [0.1, 0.15) is 24.8 Å². The Balaban J connectivity index is -0.000000607. The average Bonchev–Trinajstić information content (AvgIpc) is 3.85. The molecular weight excluding hydrogens is 680 g/mol. The lowest BCUT2D eigenvalue weighted by atomic mass is 10.1. The molecule has 2 aromatic heterocycles. The minimum atomic E-state index is -0.990. The van der Waals surface area contributed by atoms with Crippen molar-refractivity contribution in [3.8, 4) is 0 Å². The highest BCUT2D eigenvalue weighted by molar-refractivity contribution is 5.67. The summed E-state index contributed by atoms with van der Waals surface area (Å²) in [5.41, 5.74) is 0. The molecule has 0 saturated heterocycles. The molecule has 16 heteroatoms. The zero-order valence-electron chi connectivity index (χ0n) is 30.5. The van der Waals surface area contributed by atoms with Crippen LogP contribution >= 0.6 is 0 Å². The molecule has 2 heterocycles. The van der Waals surface area contributed by atoms with Crippen LogP contribution in [0.5, 0.6) is 0 Å². The highest BCUT2D eigenvalue weighted by Crippen LogP contribution is 2.10. The lowest BCUT2D eigenvalue weighted by molar-refractivity contribution is -0.376. The number of rotatable bonds is 27. The SMILES string of the molecule is O=C(O)CCCCCCCCC(=O)O.O=C([O-])CCCCCCCCC(=O)O.O=C([O-])CCCCCCCCC(=O)O.c1c[nH+]c[nH]1.c1c[nH+]c[nH]1. The van der Waals surface area contributed by atoms with Gasteiger partial charge in [0.15, 0.2) is 0 Å². The largest absolute Gasteiger partial charge is 0.550 e. The van der Waals surface area contributed by atoms with Crippen molar-refractivity contribution in [1.29, 1.82) is 0 Å². The van der Waals surface area contributed by atoms with Crippen LogP contribution in [-0.4, -0.2) is 66.2 Å². The molecule has 2 aromatic rings. The number of hydrogen-bond acceptors (Lipinski definition) is 8. The third-order valence-corrected chi connectivity index (χ3v) is 6.96. The summed E-state index contributed by atoms with van der Waals surface area (Å²) in [6, 6.07) is 0. The van der Waals surface area contributed by atoms with Crippen LogP contribution in [0.4, 0.5) is 0 Å². The van der Waals surface area contributed by atoms with E-state index >= 15 is 0 Å². The lowest BCUT2D eigenvalue weighted by Crippen LogP contribution is -2.21. The number of aromatic amines is 4. The number of carboxylic acid groups (broad SMARTS) is 6. The third kappa shape index (κ3) is 60.6. The molecule has 52 heavy (non-hydrogen) atoms. The fourth-order valence-corrected chi connectivity index (χ4v) is 4.25. The van der Waals surface area contributed by atoms with Gasteiger partial charge in [-0.1, -0.05) is 77.0 Å². The molecule has 0 spiro atoms. The number of unbranched alkanes of at least 4 members (excludes halogenated alkanes) is 15. The van der Waals surface area contributed by atoms with E-state index in [-0.39, 0.29) is 38.5 Å². The van der Waals surface area contributed by atoms with Gasteiger partial charge < -0.3 is 40.2 Å². The van der Waals surface area contributed by atoms with Crippen LogP contribution in [0.25, 0.3) is 0 Å². The van der Waals surface area contributed by atoms with E-state index in [9.17, 15) is 39.0 Å². The van der Waals surface area contributed by atoms with Crippen LogP contribution in [0.3, 0.4) is 0 Å². The standard InChI is InChI=1S/3C10H18O4.2C3H4N2/c3*11-9(12)7-5-3-1-2-4-6-8-10(13)14;2*1-2-5-3-4-1/h3*1-8H2,(H,11,12)(H,13,14);2*1-3H,(H,4,5). The summed E-state index contributed by atoms with van der Waals surface area (Å²) in [4.78, 5) is 71.9. The van der Waals surface area contributed by atoms with E-state index in [0.29, 0.717) is 12.8 Å². The molecule has 0 fully saturated rings. The first-order valence-corrected chi connectivity index (χ1v) is 18.1. The molecule has 0 bridgehead atoms. The van der Waals surface area contributed by atoms with E-state index in [0.717, 1.165) is 103 Å². The van der Waals surface area contributed by atoms with Crippen LogP contribution in [0.1, 0.15) is 154 Å². The van der Waals surface area contributed by atoms with E-state index < -0.39 is 35.8 Å². The van der Waals surface area contributed by atoms with Crippen molar-refractivity contribution >= 4 is 35.8 Å². The number of carboxylic acids is 6. The fraction of sp³-hybridized carbons (Fsp3) is 0.667. The Morgan fingerprint density at radius 1 is 0.385 bits per heavy atom. The van der Waals surface area contributed by atoms with Gasteiger partial charge in [-0.25, -0.2) is 0 Å². The van der Waals surface area contributed by atoms with Gasteiger partial charge in [0.05, 0.1) is 0 Å². The molecule has 0 aliphatic heterocycles. The van der Waals surface area contributed by atoms with E-state index in [1.54, 1.807) is 12.7 Å². The van der Waals surface area contributed by atoms with Gasteiger partial charge in [0.2, 0.25) is 12.7 Å². The number of carbonyl (C=O) groups excluding carboxylic acids is 2. The highest BCUT2D eigenvalue weighted by Gasteiger charge is 1.99. The minimum absolute atomic E-state index is 0.134. The summed E-state index contributed by atoms with van der Waals surface area (Å²) < 4.78 is 0.